The topological polar surface area (TPSA) is 55.0 Å². The van der Waals surface area contributed by atoms with Gasteiger partial charge in [0.25, 0.3) is 0 Å². The lowest BCUT2D eigenvalue weighted by molar-refractivity contribution is 0.482. The fourth-order valence-electron chi connectivity index (χ4n) is 3.47. The number of nitrogens with zero attached hydrogens (tertiary/aromatic N) is 3. The van der Waals surface area contributed by atoms with Crippen LogP contribution >= 0.6 is 0 Å². The van der Waals surface area contributed by atoms with E-state index in [0.717, 1.165) is 11.6 Å². The van der Waals surface area contributed by atoms with Gasteiger partial charge in [-0.05, 0) is 35.9 Å². The summed E-state index contributed by atoms with van der Waals surface area (Å²) in [6, 6.07) is 8.54. The molecule has 0 unspecified atom stereocenters. The zero-order valence-corrected chi connectivity index (χ0v) is 14.6. The third kappa shape index (κ3) is 3.43. The molecular formula is C20H16F4N4. The quantitative estimate of drug-likeness (QED) is 0.550. The van der Waals surface area contributed by atoms with Crippen LogP contribution in [-0.2, 0) is 0 Å². The minimum Gasteiger partial charge on any atom is -0.354 e. The molecule has 0 radical (unpaired) electrons. The van der Waals surface area contributed by atoms with Gasteiger partial charge in [-0.3, -0.25) is 0 Å². The maximum atomic E-state index is 14.2. The lowest BCUT2D eigenvalue weighted by Crippen LogP contribution is -2.29. The molecule has 2 heterocycles. The first kappa shape index (κ1) is 18.4. The first-order chi connectivity index (χ1) is 13.4. The highest BCUT2D eigenvalue weighted by molar-refractivity contribution is 5.62. The van der Waals surface area contributed by atoms with Gasteiger partial charge < -0.3 is 10.6 Å². The summed E-state index contributed by atoms with van der Waals surface area (Å²) in [7, 11) is 0. The normalized spacial score (nSPS) is 19.2. The molecule has 0 aliphatic carbocycles. The van der Waals surface area contributed by atoms with E-state index in [9.17, 15) is 17.6 Å². The van der Waals surface area contributed by atoms with E-state index in [1.807, 2.05) is 4.90 Å². The highest BCUT2D eigenvalue weighted by Gasteiger charge is 2.34. The summed E-state index contributed by atoms with van der Waals surface area (Å²) < 4.78 is 54.1. The lowest BCUT2D eigenvalue weighted by Gasteiger charge is -2.18. The van der Waals surface area contributed by atoms with Crippen molar-refractivity contribution in [1.82, 2.24) is 9.97 Å². The van der Waals surface area contributed by atoms with Gasteiger partial charge in [0.05, 0.1) is 5.69 Å². The maximum absolute atomic E-state index is 14.2. The van der Waals surface area contributed by atoms with Gasteiger partial charge in [0.1, 0.15) is 23.8 Å². The molecule has 1 aliphatic heterocycles. The monoisotopic (exact) mass is 388 g/mol. The minimum atomic E-state index is -1.23. The van der Waals surface area contributed by atoms with Crippen LogP contribution in [0.15, 0.2) is 48.8 Å². The molecule has 2 aromatic carbocycles. The molecule has 0 amide bonds. The Morgan fingerprint density at radius 1 is 0.857 bits per heavy atom. The van der Waals surface area contributed by atoms with Gasteiger partial charge in [-0.1, -0.05) is 0 Å². The van der Waals surface area contributed by atoms with Crippen LogP contribution in [-0.4, -0.2) is 29.1 Å². The van der Waals surface area contributed by atoms with Crippen LogP contribution < -0.4 is 10.6 Å². The molecule has 3 aromatic rings. The summed E-state index contributed by atoms with van der Waals surface area (Å²) in [6.07, 6.45) is 1.38. The smallest absolute Gasteiger partial charge is 0.161 e. The molecule has 0 spiro atoms. The molecule has 0 bridgehead atoms. The lowest BCUT2D eigenvalue weighted by atomic mass is 9.94. The molecule has 1 fully saturated rings. The molecule has 4 rings (SSSR count). The Bertz CT molecular complexity index is 1010. The highest BCUT2D eigenvalue weighted by atomic mass is 19.2. The SMILES string of the molecule is N[C@H]1CN(c2cc(-c3ccc(F)cc3)ncn2)C[C@@H]1c1cc(F)c(F)cc1F. The van der Waals surface area contributed by atoms with Gasteiger partial charge in [-0.15, -0.1) is 0 Å². The third-order valence-electron chi connectivity index (χ3n) is 4.92. The van der Waals surface area contributed by atoms with Crippen molar-refractivity contribution in [1.29, 1.82) is 0 Å². The molecule has 28 heavy (non-hydrogen) atoms. The molecule has 4 nitrogen and oxygen atoms in total. The number of hydrogen-bond acceptors (Lipinski definition) is 4. The van der Waals surface area contributed by atoms with Crippen LogP contribution in [0.2, 0.25) is 0 Å². The summed E-state index contributed by atoms with van der Waals surface area (Å²) in [5.41, 5.74) is 7.51. The molecule has 144 valence electrons. The second-order valence-electron chi connectivity index (χ2n) is 6.73. The maximum Gasteiger partial charge on any atom is 0.161 e. The largest absolute Gasteiger partial charge is 0.354 e. The van der Waals surface area contributed by atoms with Gasteiger partial charge in [-0.2, -0.15) is 0 Å². The van der Waals surface area contributed by atoms with Crippen molar-refractivity contribution >= 4 is 5.82 Å². The van der Waals surface area contributed by atoms with Crippen molar-refractivity contribution in [2.45, 2.75) is 12.0 Å². The van der Waals surface area contributed by atoms with Crippen molar-refractivity contribution in [3.05, 3.63) is 77.6 Å². The Kier molecular flexibility index (Phi) is 4.72. The fourth-order valence-corrected chi connectivity index (χ4v) is 3.47. The average Bonchev–Trinajstić information content (AvgIpc) is 3.07. The zero-order chi connectivity index (χ0) is 19.8. The number of aromatic nitrogens is 2. The predicted molar refractivity (Wildman–Crippen MR) is 96.7 cm³/mol. The number of benzene rings is 2. The van der Waals surface area contributed by atoms with Crippen LogP contribution in [0.4, 0.5) is 23.4 Å². The molecule has 2 N–H and O–H groups in total. The fraction of sp³-hybridized carbons (Fsp3) is 0.200. The van der Waals surface area contributed by atoms with Crippen molar-refractivity contribution in [3.8, 4) is 11.3 Å². The van der Waals surface area contributed by atoms with E-state index < -0.39 is 29.4 Å². The van der Waals surface area contributed by atoms with Gasteiger partial charge >= 0.3 is 0 Å². The van der Waals surface area contributed by atoms with Gasteiger partial charge in [0.2, 0.25) is 0 Å². The van der Waals surface area contributed by atoms with Crippen molar-refractivity contribution < 1.29 is 17.6 Å². The first-order valence-electron chi connectivity index (χ1n) is 8.65. The predicted octanol–water partition coefficient (Wildman–Crippen LogP) is 3.63. The van der Waals surface area contributed by atoms with E-state index in [4.69, 9.17) is 5.73 Å². The van der Waals surface area contributed by atoms with Crippen LogP contribution in [0.25, 0.3) is 11.3 Å². The second kappa shape index (κ2) is 7.20. The molecule has 1 saturated heterocycles. The molecule has 1 aliphatic rings. The standard InChI is InChI=1S/C20H16F4N4/c21-12-3-1-11(2-4-12)19-7-20(27-10-26-19)28-8-14(18(25)9-28)13-5-16(23)17(24)6-15(13)22/h1-7,10,14,18H,8-9,25H2/t14-,18+/m1/s1. The highest BCUT2D eigenvalue weighted by Crippen LogP contribution is 2.32. The van der Waals surface area contributed by atoms with Crippen molar-refractivity contribution in [2.75, 3.05) is 18.0 Å². The summed E-state index contributed by atoms with van der Waals surface area (Å²) in [5, 5.41) is 0. The van der Waals surface area contributed by atoms with E-state index >= 15 is 0 Å². The third-order valence-corrected chi connectivity index (χ3v) is 4.92. The summed E-state index contributed by atoms with van der Waals surface area (Å²) in [4.78, 5) is 10.3. The van der Waals surface area contributed by atoms with Gasteiger partial charge in [0, 0.05) is 42.7 Å². The van der Waals surface area contributed by atoms with Crippen LogP contribution in [0.3, 0.4) is 0 Å². The number of anilines is 1. The Morgan fingerprint density at radius 2 is 1.57 bits per heavy atom. The van der Waals surface area contributed by atoms with Gasteiger partial charge in [-0.25, -0.2) is 27.5 Å². The van der Waals surface area contributed by atoms with E-state index in [0.29, 0.717) is 30.7 Å². The number of halogens is 4. The Labute approximate surface area is 158 Å². The second-order valence-corrected chi connectivity index (χ2v) is 6.73. The zero-order valence-electron chi connectivity index (χ0n) is 14.6. The Balaban J connectivity index is 1.61. The molecule has 2 atom stereocenters. The van der Waals surface area contributed by atoms with E-state index in [2.05, 4.69) is 9.97 Å². The molecular weight excluding hydrogens is 372 g/mol. The van der Waals surface area contributed by atoms with Crippen LogP contribution in [0, 0.1) is 23.3 Å². The van der Waals surface area contributed by atoms with Crippen LogP contribution in [0.1, 0.15) is 11.5 Å². The number of hydrogen-bond donors (Lipinski definition) is 1. The minimum absolute atomic E-state index is 0.0433. The van der Waals surface area contributed by atoms with E-state index in [-0.39, 0.29) is 11.4 Å². The Morgan fingerprint density at radius 3 is 2.32 bits per heavy atom. The van der Waals surface area contributed by atoms with E-state index in [1.165, 1.54) is 18.5 Å². The first-order valence-corrected chi connectivity index (χ1v) is 8.65. The average molecular weight is 388 g/mol. The van der Waals surface area contributed by atoms with E-state index in [1.54, 1.807) is 18.2 Å². The Hall–Kier alpha value is -3.00. The van der Waals surface area contributed by atoms with Crippen molar-refractivity contribution in [2.24, 2.45) is 5.73 Å². The van der Waals surface area contributed by atoms with Crippen LogP contribution in [0.5, 0.6) is 0 Å². The summed E-state index contributed by atoms with van der Waals surface area (Å²) in [5.74, 6) is -3.46. The van der Waals surface area contributed by atoms with Crippen molar-refractivity contribution in [3.63, 3.8) is 0 Å². The molecule has 8 heteroatoms. The molecule has 0 saturated carbocycles. The number of rotatable bonds is 3. The summed E-state index contributed by atoms with van der Waals surface area (Å²) >= 11 is 0. The molecule has 1 aromatic heterocycles. The van der Waals surface area contributed by atoms with Gasteiger partial charge in [0.15, 0.2) is 11.6 Å². The number of nitrogens with two attached hydrogens (primary N) is 1. The summed E-state index contributed by atoms with van der Waals surface area (Å²) in [6.45, 7) is 0.659.